The van der Waals surface area contributed by atoms with Gasteiger partial charge in [0.1, 0.15) is 11.5 Å². The standard InChI is InChI=1S/C38H43N5O3/c1-26-27(2)43(17-5-4-16-42-20-18-41(3)19-21-42)34-11-8-29(23-33(26)34)22-28-6-9-31(10-7-28)38(46)40-32-24-35(44)37(36(45)25-32)30-12-14-39-15-13-30/h6-15,23-25,44-45H,4-5,16-22H2,1-3H3,(H,40,46). The number of pyridine rings is 1. The second-order valence-electron chi connectivity index (χ2n) is 12.5. The summed E-state index contributed by atoms with van der Waals surface area (Å²) in [7, 11) is 2.21. The second kappa shape index (κ2) is 13.8. The number of rotatable bonds is 10. The van der Waals surface area contributed by atoms with Crippen LogP contribution in [0.3, 0.4) is 0 Å². The van der Waals surface area contributed by atoms with Crippen LogP contribution in [0.2, 0.25) is 0 Å². The minimum atomic E-state index is -0.320. The van der Waals surface area contributed by atoms with Gasteiger partial charge in [-0.1, -0.05) is 18.2 Å². The molecule has 0 bridgehead atoms. The summed E-state index contributed by atoms with van der Waals surface area (Å²) in [5, 5.41) is 25.2. The summed E-state index contributed by atoms with van der Waals surface area (Å²) >= 11 is 0. The molecule has 6 rings (SSSR count). The first-order valence-corrected chi connectivity index (χ1v) is 16.1. The van der Waals surface area contributed by atoms with E-state index in [1.165, 1.54) is 85.4 Å². The molecule has 238 valence electrons. The van der Waals surface area contributed by atoms with Gasteiger partial charge in [-0.05, 0) is 105 Å². The highest BCUT2D eigenvalue weighted by Crippen LogP contribution is 2.39. The lowest BCUT2D eigenvalue weighted by Gasteiger charge is -2.32. The molecule has 46 heavy (non-hydrogen) atoms. The summed E-state index contributed by atoms with van der Waals surface area (Å²) in [4.78, 5) is 21.9. The minimum Gasteiger partial charge on any atom is -0.507 e. The molecule has 2 aromatic heterocycles. The number of phenolic OH excluding ortho intramolecular Hbond substituents is 2. The second-order valence-corrected chi connectivity index (χ2v) is 12.5. The number of hydrogen-bond acceptors (Lipinski definition) is 6. The van der Waals surface area contributed by atoms with Gasteiger partial charge in [-0.3, -0.25) is 9.78 Å². The van der Waals surface area contributed by atoms with Gasteiger partial charge in [-0.25, -0.2) is 0 Å². The van der Waals surface area contributed by atoms with Crippen LogP contribution in [0.15, 0.2) is 79.1 Å². The number of aromatic hydroxyl groups is 2. The van der Waals surface area contributed by atoms with Crippen molar-refractivity contribution in [1.82, 2.24) is 19.4 Å². The first-order valence-electron chi connectivity index (χ1n) is 16.1. The molecule has 1 aliphatic heterocycles. The maximum absolute atomic E-state index is 13.0. The van der Waals surface area contributed by atoms with Crippen molar-refractivity contribution >= 4 is 22.5 Å². The largest absolute Gasteiger partial charge is 0.507 e. The Bertz CT molecular complexity index is 1800. The number of phenols is 2. The fraction of sp³-hybridized carbons (Fsp3) is 0.316. The van der Waals surface area contributed by atoms with Gasteiger partial charge in [0.05, 0.1) is 5.56 Å². The number of carbonyl (C=O) groups is 1. The number of nitrogens with zero attached hydrogens (tertiary/aromatic N) is 4. The summed E-state index contributed by atoms with van der Waals surface area (Å²) in [5.74, 6) is -0.578. The molecule has 1 fully saturated rings. The average Bonchev–Trinajstić information content (AvgIpc) is 3.28. The molecule has 0 radical (unpaired) electrons. The molecular formula is C38H43N5O3. The van der Waals surface area contributed by atoms with Crippen molar-refractivity contribution in [1.29, 1.82) is 0 Å². The quantitative estimate of drug-likeness (QED) is 0.153. The van der Waals surface area contributed by atoms with E-state index < -0.39 is 0 Å². The number of aryl methyl sites for hydroxylation is 2. The molecule has 1 amide bonds. The van der Waals surface area contributed by atoms with Crippen molar-refractivity contribution in [2.75, 3.05) is 45.1 Å². The number of likely N-dealkylation sites (N-methyl/N-ethyl adjacent to an activating group) is 1. The number of hydrogen-bond donors (Lipinski definition) is 3. The zero-order valence-corrected chi connectivity index (χ0v) is 27.0. The first-order chi connectivity index (χ1) is 22.3. The molecule has 0 aliphatic carbocycles. The minimum absolute atomic E-state index is 0.129. The van der Waals surface area contributed by atoms with Crippen LogP contribution in [-0.4, -0.2) is 75.2 Å². The van der Waals surface area contributed by atoms with Crippen LogP contribution in [-0.2, 0) is 13.0 Å². The molecule has 5 aromatic rings. The molecule has 0 atom stereocenters. The molecule has 1 aliphatic rings. The number of benzene rings is 3. The summed E-state index contributed by atoms with van der Waals surface area (Å²) in [6.45, 7) is 11.4. The highest BCUT2D eigenvalue weighted by atomic mass is 16.3. The summed E-state index contributed by atoms with van der Waals surface area (Å²) < 4.78 is 2.48. The molecule has 8 nitrogen and oxygen atoms in total. The van der Waals surface area contributed by atoms with E-state index in [0.717, 1.165) is 18.5 Å². The molecule has 3 N–H and O–H groups in total. The third kappa shape index (κ3) is 6.93. The number of unbranched alkanes of at least 4 members (excludes halogenated alkanes) is 1. The zero-order chi connectivity index (χ0) is 32.2. The van der Waals surface area contributed by atoms with E-state index in [9.17, 15) is 15.0 Å². The lowest BCUT2D eigenvalue weighted by atomic mass is 10.0. The van der Waals surface area contributed by atoms with Crippen LogP contribution in [0.1, 0.15) is 45.6 Å². The van der Waals surface area contributed by atoms with Gasteiger partial charge in [-0.15, -0.1) is 0 Å². The lowest BCUT2D eigenvalue weighted by molar-refractivity contribution is 0.102. The van der Waals surface area contributed by atoms with Crippen molar-refractivity contribution in [3.05, 3.63) is 107 Å². The average molecular weight is 618 g/mol. The van der Waals surface area contributed by atoms with Crippen molar-refractivity contribution in [3.63, 3.8) is 0 Å². The summed E-state index contributed by atoms with van der Waals surface area (Å²) in [5.41, 5.74) is 8.07. The van der Waals surface area contributed by atoms with Gasteiger partial charge in [0, 0.05) is 85.1 Å². The number of nitrogens with one attached hydrogen (secondary N) is 1. The number of piperazine rings is 1. The molecule has 0 saturated carbocycles. The van der Waals surface area contributed by atoms with Crippen LogP contribution in [0.25, 0.3) is 22.0 Å². The monoisotopic (exact) mass is 617 g/mol. The van der Waals surface area contributed by atoms with E-state index in [4.69, 9.17) is 0 Å². The zero-order valence-electron chi connectivity index (χ0n) is 27.0. The Kier molecular flexibility index (Phi) is 9.38. The van der Waals surface area contributed by atoms with Gasteiger partial charge in [0.15, 0.2) is 0 Å². The summed E-state index contributed by atoms with van der Waals surface area (Å²) in [6.07, 6.45) is 6.34. The fourth-order valence-corrected chi connectivity index (χ4v) is 6.48. The predicted octanol–water partition coefficient (Wildman–Crippen LogP) is 6.60. The van der Waals surface area contributed by atoms with E-state index in [1.54, 1.807) is 24.5 Å². The maximum atomic E-state index is 13.0. The van der Waals surface area contributed by atoms with Gasteiger partial charge >= 0.3 is 0 Å². The highest BCUT2D eigenvalue weighted by Gasteiger charge is 2.16. The Morgan fingerprint density at radius 1 is 0.826 bits per heavy atom. The fourth-order valence-electron chi connectivity index (χ4n) is 6.48. The van der Waals surface area contributed by atoms with E-state index in [1.807, 2.05) is 24.3 Å². The molecule has 0 spiro atoms. The van der Waals surface area contributed by atoms with Crippen LogP contribution >= 0.6 is 0 Å². The Labute approximate surface area is 270 Å². The Hall–Kier alpha value is -4.66. The van der Waals surface area contributed by atoms with E-state index in [0.29, 0.717) is 22.4 Å². The third-order valence-electron chi connectivity index (χ3n) is 9.35. The normalized spacial score (nSPS) is 14.2. The van der Waals surface area contributed by atoms with Crippen molar-refractivity contribution in [3.8, 4) is 22.6 Å². The van der Waals surface area contributed by atoms with Crippen molar-refractivity contribution < 1.29 is 15.0 Å². The lowest BCUT2D eigenvalue weighted by Crippen LogP contribution is -2.44. The predicted molar refractivity (Wildman–Crippen MR) is 185 cm³/mol. The van der Waals surface area contributed by atoms with Gasteiger partial charge in [0.2, 0.25) is 0 Å². The van der Waals surface area contributed by atoms with Gasteiger partial charge in [0.25, 0.3) is 5.91 Å². The number of anilines is 1. The Morgan fingerprint density at radius 2 is 1.48 bits per heavy atom. The highest BCUT2D eigenvalue weighted by molar-refractivity contribution is 6.04. The summed E-state index contributed by atoms with van der Waals surface area (Å²) in [6, 6.07) is 20.6. The first kappa shape index (κ1) is 31.3. The van der Waals surface area contributed by atoms with Crippen LogP contribution in [0, 0.1) is 13.8 Å². The van der Waals surface area contributed by atoms with E-state index in [2.05, 4.69) is 63.8 Å². The van der Waals surface area contributed by atoms with Crippen LogP contribution in [0.5, 0.6) is 11.5 Å². The molecule has 8 heteroatoms. The smallest absolute Gasteiger partial charge is 0.255 e. The van der Waals surface area contributed by atoms with Crippen LogP contribution < -0.4 is 5.32 Å². The Morgan fingerprint density at radius 3 is 2.17 bits per heavy atom. The Balaban J connectivity index is 1.07. The topological polar surface area (TPSA) is 93.9 Å². The molecular weight excluding hydrogens is 574 g/mol. The van der Waals surface area contributed by atoms with Gasteiger partial charge in [-0.2, -0.15) is 0 Å². The van der Waals surface area contributed by atoms with Gasteiger partial charge < -0.3 is 29.9 Å². The molecule has 0 unspecified atom stereocenters. The van der Waals surface area contributed by atoms with Crippen LogP contribution in [0.4, 0.5) is 5.69 Å². The molecule has 3 heterocycles. The molecule has 3 aromatic carbocycles. The number of aromatic nitrogens is 2. The number of fused-ring (bicyclic) bond motifs is 1. The van der Waals surface area contributed by atoms with Crippen molar-refractivity contribution in [2.24, 2.45) is 0 Å². The third-order valence-corrected chi connectivity index (χ3v) is 9.35. The number of amides is 1. The number of carbonyl (C=O) groups excluding carboxylic acids is 1. The van der Waals surface area contributed by atoms with Crippen molar-refractivity contribution in [2.45, 2.75) is 39.7 Å². The van der Waals surface area contributed by atoms with E-state index >= 15 is 0 Å². The SMILES string of the molecule is Cc1c(C)n(CCCCN2CCN(C)CC2)c2ccc(Cc3ccc(C(=O)Nc4cc(O)c(-c5ccncc5)c(O)c4)cc3)cc12. The van der Waals surface area contributed by atoms with E-state index in [-0.39, 0.29) is 17.4 Å². The molecule has 1 saturated heterocycles. The maximum Gasteiger partial charge on any atom is 0.255 e.